The molecule has 0 radical (unpaired) electrons. The Bertz CT molecular complexity index is 909. The molecule has 1 fully saturated rings. The van der Waals surface area contributed by atoms with Crippen molar-refractivity contribution < 1.29 is 23.5 Å². The molecule has 0 bridgehead atoms. The van der Waals surface area contributed by atoms with Crippen LogP contribution in [0.3, 0.4) is 0 Å². The van der Waals surface area contributed by atoms with Gasteiger partial charge in [0.25, 0.3) is 5.91 Å². The number of carbonyl (C=O) groups is 2. The number of primary amides is 1. The van der Waals surface area contributed by atoms with E-state index in [0.717, 1.165) is 18.1 Å². The lowest BCUT2D eigenvalue weighted by atomic mass is 10.1. The Morgan fingerprint density at radius 1 is 1.37 bits per heavy atom. The first-order valence-corrected chi connectivity index (χ1v) is 9.62. The van der Waals surface area contributed by atoms with Crippen LogP contribution in [0.5, 0.6) is 0 Å². The van der Waals surface area contributed by atoms with Crippen LogP contribution in [0, 0.1) is 5.82 Å². The van der Waals surface area contributed by atoms with Gasteiger partial charge in [-0.3, -0.25) is 4.79 Å². The molecule has 1 aromatic carbocycles. The van der Waals surface area contributed by atoms with Gasteiger partial charge < -0.3 is 25.8 Å². The van der Waals surface area contributed by atoms with Gasteiger partial charge in [-0.05, 0) is 31.5 Å². The van der Waals surface area contributed by atoms with E-state index in [1.54, 1.807) is 12.4 Å². The van der Waals surface area contributed by atoms with E-state index in [4.69, 9.17) is 15.2 Å². The van der Waals surface area contributed by atoms with Crippen LogP contribution in [0.2, 0.25) is 0 Å². The third-order valence-electron chi connectivity index (χ3n) is 4.74. The van der Waals surface area contributed by atoms with Gasteiger partial charge in [-0.25, -0.2) is 19.2 Å². The number of aromatic nitrogens is 2. The Kier molecular flexibility index (Phi) is 6.78. The summed E-state index contributed by atoms with van der Waals surface area (Å²) in [5.74, 6) is -1.29. The minimum absolute atomic E-state index is 0.0456. The highest BCUT2D eigenvalue weighted by Gasteiger charge is 2.30. The van der Waals surface area contributed by atoms with Crippen LogP contribution < -0.4 is 16.4 Å². The molecule has 10 heteroatoms. The fraction of sp³-hybridized carbons (Fsp3) is 0.400. The van der Waals surface area contributed by atoms with Gasteiger partial charge in [0.15, 0.2) is 0 Å². The van der Waals surface area contributed by atoms with Crippen molar-refractivity contribution in [2.75, 3.05) is 11.9 Å². The molecule has 2 heterocycles. The molecule has 2 amide bonds. The molecule has 30 heavy (non-hydrogen) atoms. The number of carbonyl (C=O) groups excluding carboxylic acids is 2. The van der Waals surface area contributed by atoms with Crippen molar-refractivity contribution in [1.82, 2.24) is 15.3 Å². The molecule has 9 nitrogen and oxygen atoms in total. The molecule has 1 saturated heterocycles. The number of halogens is 1. The van der Waals surface area contributed by atoms with Crippen LogP contribution in [-0.2, 0) is 9.47 Å². The normalized spacial score (nSPS) is 19.2. The molecule has 160 valence electrons. The molecular formula is C20H24FN5O4. The second-order valence-corrected chi connectivity index (χ2v) is 7.06. The molecule has 3 atom stereocenters. The standard InChI is InChI=1S/C20H24FN5O4/c1-3-11(2)25-20(28)30-14-7-17(29-10-14)12-8-23-19(24-9-12)26-13-4-5-16(21)15(6-13)18(22)27/h4-6,8-9,11,14,17H,3,7,10H2,1-2H3,(H2,22,27)(H,25,28)(H,23,24,26)/t11-,14+,17+/m0/s1. The third-order valence-corrected chi connectivity index (χ3v) is 4.74. The first kappa shape index (κ1) is 21.4. The molecule has 4 N–H and O–H groups in total. The van der Waals surface area contributed by atoms with E-state index in [0.29, 0.717) is 18.7 Å². The van der Waals surface area contributed by atoms with Crippen LogP contribution in [0.25, 0.3) is 0 Å². The first-order chi connectivity index (χ1) is 14.4. The fourth-order valence-corrected chi connectivity index (χ4v) is 2.89. The fourth-order valence-electron chi connectivity index (χ4n) is 2.89. The van der Waals surface area contributed by atoms with Gasteiger partial charge in [0.05, 0.1) is 18.3 Å². The Morgan fingerprint density at radius 2 is 2.10 bits per heavy atom. The third kappa shape index (κ3) is 5.41. The molecule has 0 unspecified atom stereocenters. The summed E-state index contributed by atoms with van der Waals surface area (Å²) in [7, 11) is 0. The lowest BCUT2D eigenvalue weighted by Crippen LogP contribution is -2.35. The maximum Gasteiger partial charge on any atom is 0.407 e. The average molecular weight is 417 g/mol. The summed E-state index contributed by atoms with van der Waals surface area (Å²) < 4.78 is 24.6. The minimum Gasteiger partial charge on any atom is -0.444 e. The molecule has 1 aliphatic heterocycles. The van der Waals surface area contributed by atoms with E-state index >= 15 is 0 Å². The van der Waals surface area contributed by atoms with Gasteiger partial charge in [-0.2, -0.15) is 0 Å². The summed E-state index contributed by atoms with van der Waals surface area (Å²) in [6.07, 6.45) is 3.43. The van der Waals surface area contributed by atoms with E-state index in [-0.39, 0.29) is 29.8 Å². The van der Waals surface area contributed by atoms with Gasteiger partial charge >= 0.3 is 6.09 Å². The smallest absolute Gasteiger partial charge is 0.407 e. The van der Waals surface area contributed by atoms with Crippen LogP contribution >= 0.6 is 0 Å². The molecule has 0 spiro atoms. The topological polar surface area (TPSA) is 128 Å². The summed E-state index contributed by atoms with van der Waals surface area (Å²) in [5, 5.41) is 5.64. The summed E-state index contributed by atoms with van der Waals surface area (Å²) in [5.41, 5.74) is 6.10. The Labute approximate surface area is 173 Å². The van der Waals surface area contributed by atoms with E-state index in [2.05, 4.69) is 20.6 Å². The summed E-state index contributed by atoms with van der Waals surface area (Å²) >= 11 is 0. The maximum absolute atomic E-state index is 13.6. The second-order valence-electron chi connectivity index (χ2n) is 7.06. The van der Waals surface area contributed by atoms with Gasteiger partial charge in [0, 0.05) is 36.1 Å². The zero-order valence-electron chi connectivity index (χ0n) is 16.7. The van der Waals surface area contributed by atoms with E-state index in [1.807, 2.05) is 13.8 Å². The number of ether oxygens (including phenoxy) is 2. The number of amides is 2. The number of benzene rings is 1. The van der Waals surface area contributed by atoms with Crippen molar-refractivity contribution in [2.45, 2.75) is 44.9 Å². The second kappa shape index (κ2) is 9.49. The zero-order chi connectivity index (χ0) is 21.7. The molecule has 1 aliphatic rings. The number of hydrogen-bond acceptors (Lipinski definition) is 7. The van der Waals surface area contributed by atoms with Crippen LogP contribution in [0.15, 0.2) is 30.6 Å². The first-order valence-electron chi connectivity index (χ1n) is 9.62. The van der Waals surface area contributed by atoms with Crippen molar-refractivity contribution in [3.8, 4) is 0 Å². The number of rotatable bonds is 7. The molecule has 2 aromatic rings. The predicted octanol–water partition coefficient (Wildman–Crippen LogP) is 2.81. The SMILES string of the molecule is CC[C@H](C)NC(=O)O[C@H]1CO[C@@H](c2cnc(Nc3ccc(F)c(C(N)=O)c3)nc2)C1. The number of alkyl carbamates (subject to hydrolysis) is 1. The number of hydrogen-bond donors (Lipinski definition) is 3. The van der Waals surface area contributed by atoms with Crippen LogP contribution in [-0.4, -0.2) is 40.7 Å². The molecule has 0 saturated carbocycles. The largest absolute Gasteiger partial charge is 0.444 e. The predicted molar refractivity (Wildman–Crippen MR) is 107 cm³/mol. The molecular weight excluding hydrogens is 393 g/mol. The van der Waals surface area contributed by atoms with Crippen molar-refractivity contribution >= 4 is 23.6 Å². The van der Waals surface area contributed by atoms with E-state index in [9.17, 15) is 14.0 Å². The Morgan fingerprint density at radius 3 is 2.77 bits per heavy atom. The number of nitrogens with zero attached hydrogens (tertiary/aromatic N) is 2. The monoisotopic (exact) mass is 417 g/mol. The minimum atomic E-state index is -0.861. The van der Waals surface area contributed by atoms with Crippen LogP contribution in [0.1, 0.15) is 48.7 Å². The molecule has 3 rings (SSSR count). The highest BCUT2D eigenvalue weighted by atomic mass is 19.1. The Balaban J connectivity index is 1.57. The maximum atomic E-state index is 13.6. The van der Waals surface area contributed by atoms with Crippen molar-refractivity contribution in [3.05, 3.63) is 47.5 Å². The van der Waals surface area contributed by atoms with Gasteiger partial charge in [0.2, 0.25) is 5.95 Å². The van der Waals surface area contributed by atoms with Crippen molar-refractivity contribution in [3.63, 3.8) is 0 Å². The van der Waals surface area contributed by atoms with E-state index < -0.39 is 17.8 Å². The van der Waals surface area contributed by atoms with Gasteiger partial charge in [0.1, 0.15) is 11.9 Å². The molecule has 1 aromatic heterocycles. The van der Waals surface area contributed by atoms with Gasteiger partial charge in [-0.1, -0.05) is 6.92 Å². The van der Waals surface area contributed by atoms with Crippen LogP contribution in [0.4, 0.5) is 20.8 Å². The Hall–Kier alpha value is -3.27. The zero-order valence-corrected chi connectivity index (χ0v) is 16.7. The van der Waals surface area contributed by atoms with Gasteiger partial charge in [-0.15, -0.1) is 0 Å². The summed E-state index contributed by atoms with van der Waals surface area (Å²) in [4.78, 5) is 31.5. The number of nitrogens with one attached hydrogen (secondary N) is 2. The molecule has 0 aliphatic carbocycles. The highest BCUT2D eigenvalue weighted by Crippen LogP contribution is 2.30. The number of anilines is 2. The summed E-state index contributed by atoms with van der Waals surface area (Å²) in [6, 6.07) is 3.93. The van der Waals surface area contributed by atoms with Crippen molar-refractivity contribution in [2.24, 2.45) is 5.73 Å². The lowest BCUT2D eigenvalue weighted by molar-refractivity contribution is 0.0686. The lowest BCUT2D eigenvalue weighted by Gasteiger charge is -2.15. The highest BCUT2D eigenvalue weighted by molar-refractivity contribution is 5.94. The van der Waals surface area contributed by atoms with E-state index in [1.165, 1.54) is 12.1 Å². The quantitative estimate of drug-likeness (QED) is 0.632. The number of nitrogens with two attached hydrogens (primary N) is 1. The summed E-state index contributed by atoms with van der Waals surface area (Å²) in [6.45, 7) is 4.18. The van der Waals surface area contributed by atoms with Crippen molar-refractivity contribution in [1.29, 1.82) is 0 Å². The average Bonchev–Trinajstić information content (AvgIpc) is 3.17.